The Labute approximate surface area is 53.3 Å². The first kappa shape index (κ1) is 8.02. The van der Waals surface area contributed by atoms with Gasteiger partial charge in [0.2, 0.25) is 0 Å². The van der Waals surface area contributed by atoms with Gasteiger partial charge in [-0.1, -0.05) is 19.2 Å². The molecule has 0 saturated carbocycles. The zero-order chi connectivity index (χ0) is 6.41. The number of nitrogens with one attached hydrogen (secondary N) is 1. The van der Waals surface area contributed by atoms with E-state index in [0.717, 1.165) is 12.4 Å². The normalized spacial score (nSPS) is 13.8. The van der Waals surface area contributed by atoms with Gasteiger partial charge in [0.1, 0.15) is 7.85 Å². The van der Waals surface area contributed by atoms with Crippen molar-refractivity contribution in [2.75, 3.05) is 13.6 Å². The van der Waals surface area contributed by atoms with Gasteiger partial charge in [-0.05, 0) is 20.0 Å². The molecule has 8 heavy (non-hydrogen) atoms. The summed E-state index contributed by atoms with van der Waals surface area (Å²) in [5, 5.41) is 3.13. The van der Waals surface area contributed by atoms with Gasteiger partial charge in [0.15, 0.2) is 0 Å². The van der Waals surface area contributed by atoms with Crippen LogP contribution in [0.5, 0.6) is 0 Å². The summed E-state index contributed by atoms with van der Waals surface area (Å²) >= 11 is 0. The highest BCUT2D eigenvalue weighted by atomic mass is 14.8. The van der Waals surface area contributed by atoms with Crippen LogP contribution in [-0.4, -0.2) is 21.4 Å². The Morgan fingerprint density at radius 3 is 2.62 bits per heavy atom. The molecule has 0 amide bonds. The number of hydrogen-bond acceptors (Lipinski definition) is 1. The summed E-state index contributed by atoms with van der Waals surface area (Å²) < 4.78 is 0. The standard InChI is InChI=1S/C6H16BN/c1-3-6(7)4-5-8-2/h6,8H,3-5,7H2,1-2H3/t6-/m0/s1. The molecule has 0 heterocycles. The maximum absolute atomic E-state index is 3.13. The minimum Gasteiger partial charge on any atom is -0.320 e. The summed E-state index contributed by atoms with van der Waals surface area (Å²) in [7, 11) is 4.29. The molecule has 2 heteroatoms. The number of hydrogen-bond donors (Lipinski definition) is 1. The van der Waals surface area contributed by atoms with Crippen molar-refractivity contribution >= 4 is 7.85 Å². The Morgan fingerprint density at radius 2 is 2.25 bits per heavy atom. The van der Waals surface area contributed by atoms with Gasteiger partial charge < -0.3 is 5.32 Å². The van der Waals surface area contributed by atoms with Gasteiger partial charge in [-0.2, -0.15) is 0 Å². The zero-order valence-electron chi connectivity index (χ0n) is 6.20. The third-order valence-corrected chi connectivity index (χ3v) is 1.58. The SMILES string of the molecule is B[C@@H](CC)CCNC. The fourth-order valence-corrected chi connectivity index (χ4v) is 0.595. The van der Waals surface area contributed by atoms with Crippen molar-refractivity contribution in [1.29, 1.82) is 0 Å². The summed E-state index contributed by atoms with van der Waals surface area (Å²) in [6.07, 6.45) is 2.62. The van der Waals surface area contributed by atoms with Crippen molar-refractivity contribution < 1.29 is 0 Å². The molecule has 0 rings (SSSR count). The minimum absolute atomic E-state index is 0.891. The average Bonchev–Trinajstić information content (AvgIpc) is 1.83. The fourth-order valence-electron chi connectivity index (χ4n) is 0.595. The van der Waals surface area contributed by atoms with E-state index in [1.807, 2.05) is 7.05 Å². The first-order valence-corrected chi connectivity index (χ1v) is 3.45. The van der Waals surface area contributed by atoms with Gasteiger partial charge in [-0.25, -0.2) is 0 Å². The summed E-state index contributed by atoms with van der Waals surface area (Å²) in [6, 6.07) is 0. The predicted molar refractivity (Wildman–Crippen MR) is 41.1 cm³/mol. The lowest BCUT2D eigenvalue weighted by molar-refractivity contribution is 0.665. The Hall–Kier alpha value is 0.0249. The molecule has 0 unspecified atom stereocenters. The molecule has 0 aliphatic heterocycles. The van der Waals surface area contributed by atoms with Gasteiger partial charge in [0.25, 0.3) is 0 Å². The van der Waals surface area contributed by atoms with Gasteiger partial charge in [0.05, 0.1) is 0 Å². The van der Waals surface area contributed by atoms with E-state index in [1.165, 1.54) is 12.8 Å². The maximum Gasteiger partial charge on any atom is 0.105 e. The Balaban J connectivity index is 2.86. The van der Waals surface area contributed by atoms with Crippen LogP contribution in [0.4, 0.5) is 0 Å². The Kier molecular flexibility index (Phi) is 5.18. The predicted octanol–water partition coefficient (Wildman–Crippen LogP) is 0.427. The van der Waals surface area contributed by atoms with Crippen molar-refractivity contribution in [1.82, 2.24) is 5.32 Å². The molecule has 0 saturated heterocycles. The van der Waals surface area contributed by atoms with Gasteiger partial charge in [0, 0.05) is 0 Å². The van der Waals surface area contributed by atoms with Crippen LogP contribution in [0, 0.1) is 0 Å². The Bertz CT molecular complexity index is 47.8. The molecule has 0 radical (unpaired) electrons. The lowest BCUT2D eigenvalue weighted by atomic mass is 9.82. The molecule has 1 N–H and O–H groups in total. The van der Waals surface area contributed by atoms with E-state index in [0.29, 0.717) is 0 Å². The fraction of sp³-hybridized carbons (Fsp3) is 1.00. The van der Waals surface area contributed by atoms with Crippen molar-refractivity contribution in [3.8, 4) is 0 Å². The van der Waals surface area contributed by atoms with Gasteiger partial charge in [-0.3, -0.25) is 0 Å². The lowest BCUT2D eigenvalue weighted by Gasteiger charge is -2.05. The molecule has 1 nitrogen and oxygen atoms in total. The van der Waals surface area contributed by atoms with E-state index >= 15 is 0 Å². The summed E-state index contributed by atoms with van der Waals surface area (Å²) in [5.41, 5.74) is 0. The third-order valence-electron chi connectivity index (χ3n) is 1.58. The quantitative estimate of drug-likeness (QED) is 0.521. The van der Waals surface area contributed by atoms with Crippen LogP contribution in [0.25, 0.3) is 0 Å². The molecule has 0 aromatic carbocycles. The van der Waals surface area contributed by atoms with Crippen LogP contribution in [-0.2, 0) is 0 Å². The summed E-state index contributed by atoms with van der Waals surface area (Å²) in [6.45, 7) is 3.40. The highest BCUT2D eigenvalue weighted by molar-refractivity contribution is 6.11. The molecule has 48 valence electrons. The molecule has 0 bridgehead atoms. The molecular weight excluding hydrogens is 96.9 g/mol. The first-order chi connectivity index (χ1) is 3.81. The van der Waals surface area contributed by atoms with Crippen LogP contribution < -0.4 is 5.32 Å². The van der Waals surface area contributed by atoms with E-state index in [1.54, 1.807) is 0 Å². The third kappa shape index (κ3) is 4.19. The summed E-state index contributed by atoms with van der Waals surface area (Å²) in [5.74, 6) is 0.891. The number of rotatable bonds is 4. The van der Waals surface area contributed by atoms with Crippen molar-refractivity contribution in [2.24, 2.45) is 0 Å². The van der Waals surface area contributed by atoms with Crippen LogP contribution >= 0.6 is 0 Å². The second-order valence-electron chi connectivity index (χ2n) is 2.41. The van der Waals surface area contributed by atoms with Crippen LogP contribution in [0.15, 0.2) is 0 Å². The molecule has 1 atom stereocenters. The van der Waals surface area contributed by atoms with Crippen LogP contribution in [0.2, 0.25) is 5.82 Å². The van der Waals surface area contributed by atoms with Crippen LogP contribution in [0.3, 0.4) is 0 Å². The van der Waals surface area contributed by atoms with E-state index in [2.05, 4.69) is 20.1 Å². The van der Waals surface area contributed by atoms with Gasteiger partial charge in [-0.15, -0.1) is 0 Å². The topological polar surface area (TPSA) is 12.0 Å². The molecular formula is C6H16BN. The van der Waals surface area contributed by atoms with Gasteiger partial charge >= 0.3 is 0 Å². The second kappa shape index (κ2) is 5.17. The van der Waals surface area contributed by atoms with Crippen molar-refractivity contribution in [3.63, 3.8) is 0 Å². The second-order valence-corrected chi connectivity index (χ2v) is 2.41. The molecule has 0 aliphatic rings. The first-order valence-electron chi connectivity index (χ1n) is 3.45. The van der Waals surface area contributed by atoms with E-state index in [4.69, 9.17) is 0 Å². The molecule has 0 aromatic heterocycles. The zero-order valence-corrected chi connectivity index (χ0v) is 6.20. The molecule has 0 aliphatic carbocycles. The van der Waals surface area contributed by atoms with E-state index in [-0.39, 0.29) is 0 Å². The molecule has 0 spiro atoms. The van der Waals surface area contributed by atoms with E-state index < -0.39 is 0 Å². The summed E-state index contributed by atoms with van der Waals surface area (Å²) in [4.78, 5) is 0. The highest BCUT2D eigenvalue weighted by Crippen LogP contribution is 2.07. The Morgan fingerprint density at radius 1 is 1.62 bits per heavy atom. The monoisotopic (exact) mass is 113 g/mol. The van der Waals surface area contributed by atoms with Crippen molar-refractivity contribution in [3.05, 3.63) is 0 Å². The highest BCUT2D eigenvalue weighted by Gasteiger charge is 1.94. The largest absolute Gasteiger partial charge is 0.320 e. The average molecular weight is 113 g/mol. The van der Waals surface area contributed by atoms with Crippen molar-refractivity contribution in [2.45, 2.75) is 25.6 Å². The van der Waals surface area contributed by atoms with Crippen LogP contribution in [0.1, 0.15) is 19.8 Å². The smallest absolute Gasteiger partial charge is 0.105 e. The molecule has 0 aromatic rings. The lowest BCUT2D eigenvalue weighted by Crippen LogP contribution is -2.09. The van der Waals surface area contributed by atoms with E-state index in [9.17, 15) is 0 Å². The molecule has 0 fully saturated rings. The maximum atomic E-state index is 3.13. The minimum atomic E-state index is 0.891.